The Hall–Kier alpha value is -2.57. The predicted octanol–water partition coefficient (Wildman–Crippen LogP) is 2.73. The Bertz CT molecular complexity index is 703. The van der Waals surface area contributed by atoms with Crippen LogP contribution in [-0.2, 0) is 4.79 Å². The number of carbonyl (C=O) groups is 2. The molecule has 1 aromatic carbocycles. The summed E-state index contributed by atoms with van der Waals surface area (Å²) in [4.78, 5) is 28.6. The Labute approximate surface area is 145 Å². The van der Waals surface area contributed by atoms with E-state index < -0.39 is 29.0 Å². The van der Waals surface area contributed by atoms with E-state index in [4.69, 9.17) is 0 Å². The number of amides is 2. The Kier molecular flexibility index (Phi) is 6.38. The lowest BCUT2D eigenvalue weighted by Crippen LogP contribution is -2.41. The van der Waals surface area contributed by atoms with E-state index in [2.05, 4.69) is 15.6 Å². The highest BCUT2D eigenvalue weighted by atomic mass is 19.1. The first-order chi connectivity index (χ1) is 12.0. The second-order valence-electron chi connectivity index (χ2n) is 5.78. The molecule has 0 radical (unpaired) electrons. The van der Waals surface area contributed by atoms with E-state index >= 15 is 0 Å². The van der Waals surface area contributed by atoms with E-state index in [1.165, 1.54) is 19.2 Å². The van der Waals surface area contributed by atoms with E-state index in [0.29, 0.717) is 0 Å². The Morgan fingerprint density at radius 2 is 1.80 bits per heavy atom. The maximum atomic E-state index is 13.7. The molecule has 0 bridgehead atoms. The summed E-state index contributed by atoms with van der Waals surface area (Å²) in [5.74, 6) is -3.34. The molecule has 0 aromatic heterocycles. The van der Waals surface area contributed by atoms with Crippen molar-refractivity contribution in [1.82, 2.24) is 10.6 Å². The minimum atomic E-state index is -0.974. The Balaban J connectivity index is 2.14. The van der Waals surface area contributed by atoms with Crippen LogP contribution in [0.15, 0.2) is 35.0 Å². The lowest BCUT2D eigenvalue weighted by Gasteiger charge is -2.16. The first-order valence-electron chi connectivity index (χ1n) is 8.17. The number of aliphatic imine (C=N–C) groups is 1. The summed E-state index contributed by atoms with van der Waals surface area (Å²) in [7, 11) is 1.42. The second-order valence-corrected chi connectivity index (χ2v) is 5.78. The summed E-state index contributed by atoms with van der Waals surface area (Å²) in [6, 6.07) is 3.25. The number of nitrogens with one attached hydrogen (secondary N) is 2. The van der Waals surface area contributed by atoms with E-state index in [1.807, 2.05) is 0 Å². The van der Waals surface area contributed by atoms with Crippen molar-refractivity contribution >= 4 is 17.5 Å². The second kappa shape index (κ2) is 8.50. The molecule has 0 spiro atoms. The molecule has 1 aliphatic rings. The third kappa shape index (κ3) is 4.49. The number of halogens is 2. The van der Waals surface area contributed by atoms with Gasteiger partial charge in [-0.3, -0.25) is 14.6 Å². The topological polar surface area (TPSA) is 70.6 Å². The molecule has 7 heteroatoms. The third-order valence-electron chi connectivity index (χ3n) is 4.11. The normalized spacial score (nSPS) is 16.0. The van der Waals surface area contributed by atoms with Crippen molar-refractivity contribution in [3.63, 3.8) is 0 Å². The molecule has 0 saturated heterocycles. The fourth-order valence-electron chi connectivity index (χ4n) is 2.84. The molecule has 0 aliphatic heterocycles. The van der Waals surface area contributed by atoms with Crippen molar-refractivity contribution in [2.45, 2.75) is 38.6 Å². The Morgan fingerprint density at radius 1 is 1.20 bits per heavy atom. The average Bonchev–Trinajstić information content (AvgIpc) is 3.07. The third-order valence-corrected chi connectivity index (χ3v) is 4.11. The minimum Gasteiger partial charge on any atom is -0.348 e. The predicted molar refractivity (Wildman–Crippen MR) is 91.3 cm³/mol. The zero-order valence-electron chi connectivity index (χ0n) is 14.2. The van der Waals surface area contributed by atoms with Crippen LogP contribution in [0.2, 0.25) is 0 Å². The van der Waals surface area contributed by atoms with Crippen LogP contribution in [0.4, 0.5) is 8.78 Å². The first kappa shape index (κ1) is 18.8. The van der Waals surface area contributed by atoms with Crippen molar-refractivity contribution in [2.24, 2.45) is 4.99 Å². The van der Waals surface area contributed by atoms with Gasteiger partial charge in [0.1, 0.15) is 22.9 Å². The smallest absolute Gasteiger partial charge is 0.271 e. The fraction of sp³-hybridized carbons (Fsp3) is 0.389. The van der Waals surface area contributed by atoms with Gasteiger partial charge in [-0.1, -0.05) is 25.0 Å². The number of rotatable bonds is 5. The van der Waals surface area contributed by atoms with Crippen molar-refractivity contribution in [1.29, 1.82) is 0 Å². The molecule has 2 amide bonds. The molecule has 2 rings (SSSR count). The first-order valence-corrected chi connectivity index (χ1v) is 8.17. The number of allylic oxidation sites excluding steroid dienone is 1. The average molecular weight is 349 g/mol. The number of benzene rings is 1. The summed E-state index contributed by atoms with van der Waals surface area (Å²) in [6.45, 7) is 1.60. The van der Waals surface area contributed by atoms with Gasteiger partial charge in [-0.2, -0.15) is 0 Å². The van der Waals surface area contributed by atoms with Gasteiger partial charge in [0, 0.05) is 13.1 Å². The van der Waals surface area contributed by atoms with E-state index in [0.717, 1.165) is 37.8 Å². The number of hydrogen-bond acceptors (Lipinski definition) is 3. The number of hydrogen-bond donors (Lipinski definition) is 2. The summed E-state index contributed by atoms with van der Waals surface area (Å²) in [5, 5.41) is 5.24. The van der Waals surface area contributed by atoms with Gasteiger partial charge >= 0.3 is 0 Å². The molecule has 0 heterocycles. The van der Waals surface area contributed by atoms with Crippen LogP contribution in [0.5, 0.6) is 0 Å². The molecule has 0 atom stereocenters. The molecule has 25 heavy (non-hydrogen) atoms. The van der Waals surface area contributed by atoms with Crippen LogP contribution in [-0.4, -0.2) is 30.6 Å². The molecule has 1 aromatic rings. The molecule has 1 saturated carbocycles. The van der Waals surface area contributed by atoms with Gasteiger partial charge in [-0.05, 0) is 31.9 Å². The molecule has 1 fully saturated rings. The largest absolute Gasteiger partial charge is 0.348 e. The van der Waals surface area contributed by atoms with Gasteiger partial charge in [-0.25, -0.2) is 8.78 Å². The van der Waals surface area contributed by atoms with Crippen LogP contribution in [0, 0.1) is 11.6 Å². The highest BCUT2D eigenvalue weighted by Gasteiger charge is 2.24. The molecule has 5 nitrogen and oxygen atoms in total. The van der Waals surface area contributed by atoms with Crippen LogP contribution >= 0.6 is 0 Å². The van der Waals surface area contributed by atoms with Gasteiger partial charge in [-0.15, -0.1) is 0 Å². The van der Waals surface area contributed by atoms with E-state index in [9.17, 15) is 18.4 Å². The summed E-state index contributed by atoms with van der Waals surface area (Å²) in [5.41, 5.74) is -0.585. The molecule has 0 unspecified atom stereocenters. The van der Waals surface area contributed by atoms with E-state index in [1.54, 1.807) is 6.92 Å². The van der Waals surface area contributed by atoms with Gasteiger partial charge < -0.3 is 10.6 Å². The molecular formula is C18H21F2N3O2. The summed E-state index contributed by atoms with van der Waals surface area (Å²) in [6.07, 6.45) is 5.39. The Morgan fingerprint density at radius 3 is 2.32 bits per heavy atom. The van der Waals surface area contributed by atoms with Crippen LogP contribution in [0.3, 0.4) is 0 Å². The van der Waals surface area contributed by atoms with E-state index in [-0.39, 0.29) is 17.5 Å². The van der Waals surface area contributed by atoms with Gasteiger partial charge in [0.2, 0.25) is 0 Å². The molecule has 134 valence electrons. The zero-order valence-corrected chi connectivity index (χ0v) is 14.2. The fourth-order valence-corrected chi connectivity index (χ4v) is 2.84. The SMILES string of the molecule is C/C=C(NC(=O)c1c(F)cccc1F)\C(=N/C)C(=O)NC1CCCC1. The van der Waals surface area contributed by atoms with Gasteiger partial charge in [0.05, 0.1) is 5.70 Å². The zero-order chi connectivity index (χ0) is 18.4. The highest BCUT2D eigenvalue weighted by molar-refractivity contribution is 6.45. The van der Waals surface area contributed by atoms with Crippen molar-refractivity contribution < 1.29 is 18.4 Å². The molecule has 2 N–H and O–H groups in total. The lowest BCUT2D eigenvalue weighted by atomic mass is 10.1. The highest BCUT2D eigenvalue weighted by Crippen LogP contribution is 2.18. The summed E-state index contributed by atoms with van der Waals surface area (Å²) < 4.78 is 27.5. The minimum absolute atomic E-state index is 0.0134. The molecular weight excluding hydrogens is 328 g/mol. The van der Waals surface area contributed by atoms with Crippen LogP contribution < -0.4 is 10.6 Å². The van der Waals surface area contributed by atoms with Crippen molar-refractivity contribution in [2.75, 3.05) is 7.05 Å². The van der Waals surface area contributed by atoms with Crippen molar-refractivity contribution in [3.05, 3.63) is 47.2 Å². The van der Waals surface area contributed by atoms with Crippen molar-refractivity contribution in [3.8, 4) is 0 Å². The molecule has 1 aliphatic carbocycles. The quantitative estimate of drug-likeness (QED) is 0.803. The van der Waals surface area contributed by atoms with Gasteiger partial charge in [0.15, 0.2) is 0 Å². The standard InChI is InChI=1S/C18H21F2N3O2/c1-3-14(16(21-2)18(25)22-11-7-4-5-8-11)23-17(24)15-12(19)9-6-10-13(15)20/h3,6,9-11H,4-5,7-8H2,1-2H3,(H,22,25)(H,23,24)/b14-3+,21-16+. The number of carbonyl (C=O) groups excluding carboxylic acids is 2. The van der Waals surface area contributed by atoms with Crippen LogP contribution in [0.25, 0.3) is 0 Å². The summed E-state index contributed by atoms with van der Waals surface area (Å²) >= 11 is 0. The maximum absolute atomic E-state index is 13.7. The number of nitrogens with zero attached hydrogens (tertiary/aromatic N) is 1. The van der Waals surface area contributed by atoms with Gasteiger partial charge in [0.25, 0.3) is 11.8 Å². The van der Waals surface area contributed by atoms with Crippen LogP contribution in [0.1, 0.15) is 43.0 Å². The lowest BCUT2D eigenvalue weighted by molar-refractivity contribution is -0.115. The monoisotopic (exact) mass is 349 g/mol. The maximum Gasteiger partial charge on any atom is 0.271 e.